The maximum atomic E-state index is 11.1. The van der Waals surface area contributed by atoms with E-state index in [1.54, 1.807) is 11.3 Å². The van der Waals surface area contributed by atoms with E-state index in [9.17, 15) is 4.79 Å². The molecule has 1 aromatic heterocycles. The summed E-state index contributed by atoms with van der Waals surface area (Å²) in [6, 6.07) is 3.99. The lowest BCUT2D eigenvalue weighted by Crippen LogP contribution is -2.23. The van der Waals surface area contributed by atoms with Crippen LogP contribution in [0.3, 0.4) is 0 Å². The molecule has 0 aliphatic carbocycles. The first-order valence-electron chi connectivity index (χ1n) is 3.72. The van der Waals surface area contributed by atoms with Gasteiger partial charge < -0.3 is 5.32 Å². The van der Waals surface area contributed by atoms with Gasteiger partial charge in [0.15, 0.2) is 0 Å². The number of amides is 1. The summed E-state index contributed by atoms with van der Waals surface area (Å²) in [6.45, 7) is 0.635. The molecule has 2 nitrogen and oxygen atoms in total. The molecule has 1 rings (SSSR count). The number of rotatable bonds is 4. The Kier molecular flexibility index (Phi) is 4.83. The van der Waals surface area contributed by atoms with E-state index in [0.717, 1.165) is 3.79 Å². The molecule has 0 radical (unpaired) electrons. The van der Waals surface area contributed by atoms with E-state index in [1.165, 1.54) is 16.6 Å². The number of hydrogen-bond acceptors (Lipinski definition) is 3. The molecule has 0 saturated carbocycles. The summed E-state index contributed by atoms with van der Waals surface area (Å²) >= 11 is 6.55. The van der Waals surface area contributed by atoms with E-state index in [4.69, 9.17) is 0 Å². The molecule has 5 heteroatoms. The van der Waals surface area contributed by atoms with Crippen LogP contribution in [0.4, 0.5) is 0 Å². The maximum Gasteiger partial charge on any atom is 0.230 e. The molecule has 13 heavy (non-hydrogen) atoms. The lowest BCUT2D eigenvalue weighted by molar-refractivity contribution is -0.118. The Hall–Kier alpha value is -0.0000000000000000833. The highest BCUT2D eigenvalue weighted by molar-refractivity contribution is 9.11. The molecule has 0 fully saturated rings. The quantitative estimate of drug-likeness (QED) is 0.918. The molecule has 0 unspecified atom stereocenters. The summed E-state index contributed by atoms with van der Waals surface area (Å²) in [7, 11) is 0. The summed E-state index contributed by atoms with van der Waals surface area (Å²) in [4.78, 5) is 12.3. The first-order valence-corrected chi connectivity index (χ1v) is 6.72. The van der Waals surface area contributed by atoms with Crippen LogP contribution in [0.2, 0.25) is 0 Å². The van der Waals surface area contributed by atoms with Crippen molar-refractivity contribution in [3.63, 3.8) is 0 Å². The van der Waals surface area contributed by atoms with Gasteiger partial charge in [-0.2, -0.15) is 11.8 Å². The summed E-state index contributed by atoms with van der Waals surface area (Å²) in [6.07, 6.45) is 1.92. The fraction of sp³-hybridized carbons (Fsp3) is 0.375. The Balaban J connectivity index is 2.30. The molecule has 0 spiro atoms. The molecule has 0 aliphatic heterocycles. The number of carbonyl (C=O) groups is 1. The highest BCUT2D eigenvalue weighted by Gasteiger charge is 2.01. The van der Waals surface area contributed by atoms with Crippen molar-refractivity contribution in [3.8, 4) is 0 Å². The van der Waals surface area contributed by atoms with E-state index in [0.29, 0.717) is 12.3 Å². The number of carbonyl (C=O) groups excluding carboxylic acids is 1. The standard InChI is InChI=1S/C8H10BrNOS2/c1-12-5-8(11)10-4-6-2-3-7(9)13-6/h2-3H,4-5H2,1H3,(H,10,11). The van der Waals surface area contributed by atoms with Gasteiger partial charge in [-0.15, -0.1) is 11.3 Å². The van der Waals surface area contributed by atoms with Gasteiger partial charge in [-0.1, -0.05) is 0 Å². The molecule has 1 heterocycles. The molecule has 1 amide bonds. The first-order chi connectivity index (χ1) is 6.22. The number of halogens is 1. The van der Waals surface area contributed by atoms with Crippen LogP contribution in [0, 0.1) is 0 Å². The Morgan fingerprint density at radius 1 is 1.69 bits per heavy atom. The zero-order valence-corrected chi connectivity index (χ0v) is 10.4. The maximum absolute atomic E-state index is 11.1. The Morgan fingerprint density at radius 3 is 3.00 bits per heavy atom. The predicted molar refractivity (Wildman–Crippen MR) is 62.2 cm³/mol. The third-order valence-electron chi connectivity index (χ3n) is 1.36. The second kappa shape index (κ2) is 5.67. The second-order valence-electron chi connectivity index (χ2n) is 2.42. The Morgan fingerprint density at radius 2 is 2.46 bits per heavy atom. The van der Waals surface area contributed by atoms with E-state index >= 15 is 0 Å². The van der Waals surface area contributed by atoms with Crippen molar-refractivity contribution in [2.45, 2.75) is 6.54 Å². The average molecular weight is 280 g/mol. The van der Waals surface area contributed by atoms with E-state index in [-0.39, 0.29) is 5.91 Å². The number of hydrogen-bond donors (Lipinski definition) is 1. The number of nitrogens with one attached hydrogen (secondary N) is 1. The molecular weight excluding hydrogens is 270 g/mol. The van der Waals surface area contributed by atoms with Crippen LogP contribution in [0.15, 0.2) is 15.9 Å². The highest BCUT2D eigenvalue weighted by Crippen LogP contribution is 2.21. The number of thiophene rings is 1. The van der Waals surface area contributed by atoms with Gasteiger partial charge in [0.25, 0.3) is 0 Å². The van der Waals surface area contributed by atoms with Crippen molar-refractivity contribution >= 4 is 44.9 Å². The molecule has 1 aromatic rings. The fourth-order valence-corrected chi connectivity index (χ4v) is 2.60. The summed E-state index contributed by atoms with van der Waals surface area (Å²) in [5, 5.41) is 2.84. The number of thioether (sulfide) groups is 1. The molecule has 0 bridgehead atoms. The van der Waals surface area contributed by atoms with Crippen molar-refractivity contribution in [2.75, 3.05) is 12.0 Å². The normalized spacial score (nSPS) is 10.0. The van der Waals surface area contributed by atoms with Gasteiger partial charge in [0.2, 0.25) is 5.91 Å². The van der Waals surface area contributed by atoms with Crippen LogP contribution in [-0.2, 0) is 11.3 Å². The van der Waals surface area contributed by atoms with Crippen LogP contribution < -0.4 is 5.32 Å². The van der Waals surface area contributed by atoms with Crippen molar-refractivity contribution in [1.82, 2.24) is 5.32 Å². The van der Waals surface area contributed by atoms with Crippen molar-refractivity contribution in [1.29, 1.82) is 0 Å². The Bertz CT molecular complexity index is 287. The minimum atomic E-state index is 0.0945. The van der Waals surface area contributed by atoms with Crippen LogP contribution in [0.1, 0.15) is 4.88 Å². The SMILES string of the molecule is CSCC(=O)NCc1ccc(Br)s1. The predicted octanol–water partition coefficient (Wildman–Crippen LogP) is 2.49. The zero-order valence-electron chi connectivity index (χ0n) is 7.17. The van der Waals surface area contributed by atoms with Crippen LogP contribution >= 0.6 is 39.0 Å². The second-order valence-corrected chi connectivity index (χ2v) is 5.83. The van der Waals surface area contributed by atoms with Crippen molar-refractivity contribution in [3.05, 3.63) is 20.8 Å². The van der Waals surface area contributed by atoms with E-state index in [2.05, 4.69) is 21.2 Å². The first kappa shape index (κ1) is 11.1. The lowest BCUT2D eigenvalue weighted by atomic mass is 10.4. The molecule has 0 atom stereocenters. The molecule has 0 aliphatic rings. The van der Waals surface area contributed by atoms with Crippen LogP contribution in [0.25, 0.3) is 0 Å². The van der Waals surface area contributed by atoms with Crippen LogP contribution in [0.5, 0.6) is 0 Å². The van der Waals surface area contributed by atoms with Crippen molar-refractivity contribution in [2.24, 2.45) is 0 Å². The minimum absolute atomic E-state index is 0.0945. The summed E-state index contributed by atoms with van der Waals surface area (Å²) in [5.74, 6) is 0.629. The Labute approximate surface area is 94.2 Å². The monoisotopic (exact) mass is 279 g/mol. The largest absolute Gasteiger partial charge is 0.350 e. The van der Waals surface area contributed by atoms with Gasteiger partial charge in [0, 0.05) is 4.88 Å². The molecular formula is C8H10BrNOS2. The molecule has 0 aromatic carbocycles. The lowest BCUT2D eigenvalue weighted by Gasteiger charge is -2.00. The van der Waals surface area contributed by atoms with E-state index in [1.807, 2.05) is 18.4 Å². The van der Waals surface area contributed by atoms with E-state index < -0.39 is 0 Å². The van der Waals surface area contributed by atoms with Gasteiger partial charge in [-0.05, 0) is 34.3 Å². The summed E-state index contributed by atoms with van der Waals surface area (Å²) < 4.78 is 1.10. The van der Waals surface area contributed by atoms with Gasteiger partial charge in [0.1, 0.15) is 0 Å². The molecule has 0 saturated heterocycles. The van der Waals surface area contributed by atoms with Gasteiger partial charge in [-0.25, -0.2) is 0 Å². The van der Waals surface area contributed by atoms with Crippen LogP contribution in [-0.4, -0.2) is 17.9 Å². The average Bonchev–Trinajstić information content (AvgIpc) is 2.49. The zero-order chi connectivity index (χ0) is 9.68. The molecule has 1 N–H and O–H groups in total. The fourth-order valence-electron chi connectivity index (χ4n) is 0.815. The van der Waals surface area contributed by atoms with Gasteiger partial charge >= 0.3 is 0 Å². The minimum Gasteiger partial charge on any atom is -0.350 e. The third kappa shape index (κ3) is 4.15. The summed E-state index contributed by atoms with van der Waals surface area (Å²) in [5.41, 5.74) is 0. The third-order valence-corrected chi connectivity index (χ3v) is 3.54. The smallest absolute Gasteiger partial charge is 0.230 e. The van der Waals surface area contributed by atoms with Gasteiger partial charge in [-0.3, -0.25) is 4.79 Å². The highest BCUT2D eigenvalue weighted by atomic mass is 79.9. The topological polar surface area (TPSA) is 29.1 Å². The molecule has 72 valence electrons. The van der Waals surface area contributed by atoms with Gasteiger partial charge in [0.05, 0.1) is 16.1 Å². The van der Waals surface area contributed by atoms with Crippen molar-refractivity contribution < 1.29 is 4.79 Å².